The van der Waals surface area contributed by atoms with Crippen LogP contribution in [0.4, 0.5) is 0 Å². The summed E-state index contributed by atoms with van der Waals surface area (Å²) >= 11 is 7.50. The molecular weight excluding hydrogens is 472 g/mol. The third kappa shape index (κ3) is 4.52. The number of rotatable bonds is 5. The van der Waals surface area contributed by atoms with Gasteiger partial charge in [-0.1, -0.05) is 47.5 Å². The highest BCUT2D eigenvalue weighted by atomic mass is 35.5. The molecule has 1 aliphatic rings. The van der Waals surface area contributed by atoms with Crippen LogP contribution in [0.5, 0.6) is 0 Å². The van der Waals surface area contributed by atoms with Crippen molar-refractivity contribution in [1.29, 1.82) is 0 Å². The summed E-state index contributed by atoms with van der Waals surface area (Å²) in [5.41, 5.74) is 0.978. The molecule has 0 bridgehead atoms. The van der Waals surface area contributed by atoms with Crippen LogP contribution in [-0.2, 0) is 19.6 Å². The highest BCUT2D eigenvalue weighted by molar-refractivity contribution is 7.89. The molecule has 0 unspecified atom stereocenters. The summed E-state index contributed by atoms with van der Waals surface area (Å²) < 4.78 is 33.0. The highest BCUT2D eigenvalue weighted by Gasteiger charge is 2.30. The van der Waals surface area contributed by atoms with E-state index in [4.69, 9.17) is 16.3 Å². The first kappa shape index (κ1) is 22.7. The minimum Gasteiger partial charge on any atom is -0.451 e. The van der Waals surface area contributed by atoms with Crippen LogP contribution in [0.3, 0.4) is 0 Å². The molecule has 0 spiro atoms. The largest absolute Gasteiger partial charge is 0.451 e. The van der Waals surface area contributed by atoms with Gasteiger partial charge in [-0.3, -0.25) is 4.79 Å². The predicted octanol–water partition coefficient (Wildman–Crippen LogP) is 3.55. The van der Waals surface area contributed by atoms with Gasteiger partial charge in [-0.05, 0) is 25.1 Å². The van der Waals surface area contributed by atoms with Gasteiger partial charge in [0, 0.05) is 36.3 Å². The zero-order valence-electron chi connectivity index (χ0n) is 17.3. The zero-order valence-corrected chi connectivity index (χ0v) is 19.7. The average Bonchev–Trinajstić information content (AvgIpc) is 3.14. The minimum absolute atomic E-state index is 0.179. The Hall–Kier alpha value is -2.46. The fourth-order valence-corrected chi connectivity index (χ4v) is 6.29. The lowest BCUT2D eigenvalue weighted by Gasteiger charge is -2.33. The Bertz CT molecular complexity index is 1260. The Morgan fingerprint density at radius 2 is 1.69 bits per heavy atom. The number of nitrogens with zero attached hydrogens (tertiary/aromatic N) is 2. The maximum atomic E-state index is 12.8. The number of aryl methyl sites for hydroxylation is 1. The second kappa shape index (κ2) is 9.19. The van der Waals surface area contributed by atoms with Gasteiger partial charge in [0.1, 0.15) is 4.88 Å². The summed E-state index contributed by atoms with van der Waals surface area (Å²) in [5.74, 6) is -1.02. The summed E-state index contributed by atoms with van der Waals surface area (Å²) in [7, 11) is -3.61. The molecule has 0 aliphatic carbocycles. The molecule has 0 atom stereocenters. The van der Waals surface area contributed by atoms with Crippen molar-refractivity contribution >= 4 is 54.9 Å². The van der Waals surface area contributed by atoms with Crippen molar-refractivity contribution < 1.29 is 22.7 Å². The van der Waals surface area contributed by atoms with Gasteiger partial charge in [0.15, 0.2) is 6.61 Å². The number of sulfonamides is 1. The van der Waals surface area contributed by atoms with E-state index in [-0.39, 0.29) is 41.9 Å². The SMILES string of the molecule is Cc1ccc(S(=O)(=O)N2CCN(C(=O)COC(=O)c3sc4ccccc4c3Cl)CC2)cc1. The Morgan fingerprint density at radius 3 is 2.34 bits per heavy atom. The lowest BCUT2D eigenvalue weighted by molar-refractivity contribution is -0.135. The van der Waals surface area contributed by atoms with Crippen LogP contribution in [0.1, 0.15) is 15.2 Å². The van der Waals surface area contributed by atoms with E-state index < -0.39 is 22.6 Å². The van der Waals surface area contributed by atoms with Crippen LogP contribution < -0.4 is 0 Å². The molecule has 0 saturated carbocycles. The molecule has 2 aromatic carbocycles. The van der Waals surface area contributed by atoms with E-state index >= 15 is 0 Å². The molecule has 10 heteroatoms. The summed E-state index contributed by atoms with van der Waals surface area (Å²) in [5, 5.41) is 1.08. The number of ether oxygens (including phenoxy) is 1. The van der Waals surface area contributed by atoms with Crippen molar-refractivity contribution in [2.24, 2.45) is 0 Å². The number of esters is 1. The Labute approximate surface area is 195 Å². The molecule has 4 rings (SSSR count). The molecule has 1 aromatic heterocycles. The van der Waals surface area contributed by atoms with Crippen molar-refractivity contribution in [3.05, 3.63) is 64.0 Å². The first-order valence-corrected chi connectivity index (χ1v) is 12.6. The van der Waals surface area contributed by atoms with Crippen LogP contribution >= 0.6 is 22.9 Å². The van der Waals surface area contributed by atoms with Crippen LogP contribution in [0.2, 0.25) is 5.02 Å². The Balaban J connectivity index is 1.33. The van der Waals surface area contributed by atoms with Gasteiger partial charge >= 0.3 is 5.97 Å². The van der Waals surface area contributed by atoms with Gasteiger partial charge in [0.05, 0.1) is 9.92 Å². The number of hydrogen-bond donors (Lipinski definition) is 0. The normalized spacial score (nSPS) is 15.1. The van der Waals surface area contributed by atoms with E-state index in [1.54, 1.807) is 24.3 Å². The fraction of sp³-hybridized carbons (Fsp3) is 0.273. The molecule has 168 valence electrons. The topological polar surface area (TPSA) is 84.0 Å². The van der Waals surface area contributed by atoms with E-state index in [0.29, 0.717) is 5.02 Å². The van der Waals surface area contributed by atoms with Gasteiger partial charge in [-0.15, -0.1) is 11.3 Å². The molecule has 32 heavy (non-hydrogen) atoms. The quantitative estimate of drug-likeness (QED) is 0.508. The molecular formula is C22H21ClN2O5S2. The van der Waals surface area contributed by atoms with Crippen LogP contribution in [0.25, 0.3) is 10.1 Å². The third-order valence-electron chi connectivity index (χ3n) is 5.30. The smallest absolute Gasteiger partial charge is 0.350 e. The van der Waals surface area contributed by atoms with Crippen molar-refractivity contribution in [1.82, 2.24) is 9.21 Å². The summed E-state index contributed by atoms with van der Waals surface area (Å²) in [6.07, 6.45) is 0. The lowest BCUT2D eigenvalue weighted by Crippen LogP contribution is -2.51. The van der Waals surface area contributed by atoms with Crippen LogP contribution in [0, 0.1) is 6.92 Å². The van der Waals surface area contributed by atoms with Gasteiger partial charge in [-0.2, -0.15) is 4.31 Å². The number of carbonyl (C=O) groups is 2. The van der Waals surface area contributed by atoms with E-state index in [2.05, 4.69) is 0 Å². The second-order valence-electron chi connectivity index (χ2n) is 7.42. The van der Waals surface area contributed by atoms with Crippen molar-refractivity contribution in [2.45, 2.75) is 11.8 Å². The lowest BCUT2D eigenvalue weighted by atomic mass is 10.2. The Kier molecular flexibility index (Phi) is 6.52. The molecule has 1 fully saturated rings. The van der Waals surface area contributed by atoms with Gasteiger partial charge in [-0.25, -0.2) is 13.2 Å². The summed E-state index contributed by atoms with van der Waals surface area (Å²) in [6, 6.07) is 14.0. The van der Waals surface area contributed by atoms with Crippen molar-refractivity contribution in [3.8, 4) is 0 Å². The first-order valence-electron chi connectivity index (χ1n) is 9.96. The van der Waals surface area contributed by atoms with Crippen LogP contribution in [-0.4, -0.2) is 62.3 Å². The van der Waals surface area contributed by atoms with Crippen LogP contribution in [0.15, 0.2) is 53.4 Å². The minimum atomic E-state index is -3.61. The highest BCUT2D eigenvalue weighted by Crippen LogP contribution is 2.35. The average molecular weight is 493 g/mol. The maximum absolute atomic E-state index is 12.8. The van der Waals surface area contributed by atoms with E-state index in [1.807, 2.05) is 31.2 Å². The molecule has 2 heterocycles. The molecule has 1 aliphatic heterocycles. The van der Waals surface area contributed by atoms with Gasteiger partial charge in [0.25, 0.3) is 5.91 Å². The third-order valence-corrected chi connectivity index (χ3v) is 8.87. The molecule has 1 amide bonds. The zero-order chi connectivity index (χ0) is 22.9. The van der Waals surface area contributed by atoms with Gasteiger partial charge in [0.2, 0.25) is 10.0 Å². The Morgan fingerprint density at radius 1 is 1.03 bits per heavy atom. The number of amides is 1. The second-order valence-corrected chi connectivity index (χ2v) is 10.8. The molecule has 0 N–H and O–H groups in total. The van der Waals surface area contributed by atoms with Gasteiger partial charge < -0.3 is 9.64 Å². The number of piperazine rings is 1. The maximum Gasteiger partial charge on any atom is 0.350 e. The number of carbonyl (C=O) groups excluding carboxylic acids is 2. The molecule has 1 saturated heterocycles. The number of fused-ring (bicyclic) bond motifs is 1. The molecule has 3 aromatic rings. The predicted molar refractivity (Wildman–Crippen MR) is 124 cm³/mol. The number of thiophene rings is 1. The number of hydrogen-bond acceptors (Lipinski definition) is 6. The number of halogens is 1. The van der Waals surface area contributed by atoms with E-state index in [9.17, 15) is 18.0 Å². The summed E-state index contributed by atoms with van der Waals surface area (Å²) in [6.45, 7) is 2.28. The standard InChI is InChI=1S/C22H21ClN2O5S2/c1-15-6-8-16(9-7-15)32(28,29)25-12-10-24(11-13-25)19(26)14-30-22(27)21-20(23)17-4-2-3-5-18(17)31-21/h2-9H,10-14H2,1H3. The first-order chi connectivity index (χ1) is 15.3. The summed E-state index contributed by atoms with van der Waals surface area (Å²) in [4.78, 5) is 26.9. The van der Waals surface area contributed by atoms with Crippen molar-refractivity contribution in [2.75, 3.05) is 32.8 Å². The molecule has 7 nitrogen and oxygen atoms in total. The van der Waals surface area contributed by atoms with E-state index in [1.165, 1.54) is 20.5 Å². The monoisotopic (exact) mass is 492 g/mol. The molecule has 0 radical (unpaired) electrons. The van der Waals surface area contributed by atoms with E-state index in [0.717, 1.165) is 15.6 Å². The van der Waals surface area contributed by atoms with Crippen molar-refractivity contribution in [3.63, 3.8) is 0 Å². The number of benzene rings is 2. The fourth-order valence-electron chi connectivity index (χ4n) is 3.47.